The van der Waals surface area contributed by atoms with Crippen molar-refractivity contribution in [1.29, 1.82) is 0 Å². The average Bonchev–Trinajstić information content (AvgIpc) is 2.63. The number of hydrogen-bond acceptors (Lipinski definition) is 4. The molecular formula is C21H28BBrO4. The van der Waals surface area contributed by atoms with Crippen LogP contribution in [0.5, 0.6) is 5.75 Å². The van der Waals surface area contributed by atoms with Crippen LogP contribution in [0.2, 0.25) is 6.32 Å². The summed E-state index contributed by atoms with van der Waals surface area (Å²) in [6, 6.07) is 5.43. The van der Waals surface area contributed by atoms with Crippen LogP contribution in [0.1, 0.15) is 38.2 Å². The van der Waals surface area contributed by atoms with E-state index in [1.165, 1.54) is 5.57 Å². The number of methoxy groups -OCH3 is 1. The molecule has 6 heteroatoms. The molecule has 1 aromatic rings. The van der Waals surface area contributed by atoms with Crippen molar-refractivity contribution < 1.29 is 19.5 Å². The fourth-order valence-electron chi connectivity index (χ4n) is 3.30. The van der Waals surface area contributed by atoms with E-state index in [2.05, 4.69) is 35.5 Å². The Morgan fingerprint density at radius 2 is 2.22 bits per heavy atom. The lowest BCUT2D eigenvalue weighted by atomic mass is 9.78. The van der Waals surface area contributed by atoms with Crippen molar-refractivity contribution in [2.75, 3.05) is 13.7 Å². The molecule has 1 aliphatic rings. The minimum atomic E-state index is -0.776. The summed E-state index contributed by atoms with van der Waals surface area (Å²) in [6.07, 6.45) is 7.85. The molecule has 4 nitrogen and oxygen atoms in total. The van der Waals surface area contributed by atoms with E-state index in [1.807, 2.05) is 18.2 Å². The van der Waals surface area contributed by atoms with Crippen molar-refractivity contribution in [2.24, 2.45) is 0 Å². The average molecular weight is 435 g/mol. The van der Waals surface area contributed by atoms with Crippen molar-refractivity contribution >= 4 is 29.1 Å². The minimum absolute atomic E-state index is 0.201. The summed E-state index contributed by atoms with van der Waals surface area (Å²) in [5.74, 6) is 0.269. The van der Waals surface area contributed by atoms with Crippen molar-refractivity contribution in [3.05, 3.63) is 57.6 Å². The van der Waals surface area contributed by atoms with E-state index in [1.54, 1.807) is 13.2 Å². The standard InChI is InChI=1S/C21H28BBrO4/c1-4-5-16(12-17-13-18(23)7-8-20(17)24)6-9-21-19(15(2)14-26-3)10-11-22(25)27-21/h7-8,10,12-13,21,24-25H,2,4-6,9,11,14H2,1,3H3/b16-12+. The number of rotatable bonds is 9. The molecule has 2 rings (SSSR count). The number of phenolic OH excluding ortho intramolecular Hbond substituents is 1. The first-order valence-corrected chi connectivity index (χ1v) is 10.1. The van der Waals surface area contributed by atoms with Gasteiger partial charge in [0.05, 0.1) is 12.7 Å². The van der Waals surface area contributed by atoms with Crippen LogP contribution in [0.15, 0.2) is 52.0 Å². The lowest BCUT2D eigenvalue weighted by Gasteiger charge is -2.28. The van der Waals surface area contributed by atoms with E-state index in [0.29, 0.717) is 12.9 Å². The smallest absolute Gasteiger partial charge is 0.458 e. The largest absolute Gasteiger partial charge is 0.507 e. The lowest BCUT2D eigenvalue weighted by Crippen LogP contribution is -2.32. The monoisotopic (exact) mass is 434 g/mol. The highest BCUT2D eigenvalue weighted by Gasteiger charge is 2.28. The quantitative estimate of drug-likeness (QED) is 0.529. The highest BCUT2D eigenvalue weighted by atomic mass is 79.9. The normalized spacial score (nSPS) is 17.8. The van der Waals surface area contributed by atoms with Gasteiger partial charge in [0, 0.05) is 23.5 Å². The zero-order valence-electron chi connectivity index (χ0n) is 16.1. The van der Waals surface area contributed by atoms with Crippen LogP contribution in [0.3, 0.4) is 0 Å². The first-order valence-electron chi connectivity index (χ1n) is 9.33. The van der Waals surface area contributed by atoms with Crippen molar-refractivity contribution in [3.63, 3.8) is 0 Å². The lowest BCUT2D eigenvalue weighted by molar-refractivity contribution is 0.176. The molecule has 0 fully saturated rings. The molecule has 1 aliphatic heterocycles. The van der Waals surface area contributed by atoms with Gasteiger partial charge in [0.2, 0.25) is 0 Å². The first-order chi connectivity index (χ1) is 12.9. The van der Waals surface area contributed by atoms with E-state index in [9.17, 15) is 10.1 Å². The molecule has 0 saturated carbocycles. The Morgan fingerprint density at radius 1 is 1.44 bits per heavy atom. The molecule has 1 aromatic carbocycles. The van der Waals surface area contributed by atoms with E-state index in [4.69, 9.17) is 9.39 Å². The molecule has 1 atom stereocenters. The Hall–Kier alpha value is -1.34. The van der Waals surface area contributed by atoms with E-state index in [0.717, 1.165) is 46.9 Å². The highest BCUT2D eigenvalue weighted by Crippen LogP contribution is 2.30. The Balaban J connectivity index is 2.14. The number of ether oxygens (including phenoxy) is 1. The molecule has 0 bridgehead atoms. The zero-order valence-corrected chi connectivity index (χ0v) is 17.7. The Labute approximate surface area is 170 Å². The number of allylic oxidation sites excluding steroid dienone is 2. The second-order valence-electron chi connectivity index (χ2n) is 6.81. The molecule has 0 saturated heterocycles. The summed E-state index contributed by atoms with van der Waals surface area (Å²) in [7, 11) is 0.869. The van der Waals surface area contributed by atoms with Crippen molar-refractivity contribution in [2.45, 2.75) is 45.0 Å². The topological polar surface area (TPSA) is 58.9 Å². The van der Waals surface area contributed by atoms with Gasteiger partial charge in [0.15, 0.2) is 0 Å². The fourth-order valence-corrected chi connectivity index (χ4v) is 3.68. The van der Waals surface area contributed by atoms with Crippen LogP contribution in [-0.4, -0.2) is 37.1 Å². The summed E-state index contributed by atoms with van der Waals surface area (Å²) in [6.45, 7) is 6.68. The third kappa shape index (κ3) is 6.65. The van der Waals surface area contributed by atoms with Crippen LogP contribution in [-0.2, 0) is 9.39 Å². The van der Waals surface area contributed by atoms with Crippen LogP contribution in [0, 0.1) is 0 Å². The molecule has 0 radical (unpaired) electrons. The molecule has 2 N–H and O–H groups in total. The van der Waals surface area contributed by atoms with Crippen LogP contribution < -0.4 is 0 Å². The van der Waals surface area contributed by atoms with Gasteiger partial charge in [-0.15, -0.1) is 0 Å². The molecule has 27 heavy (non-hydrogen) atoms. The second kappa shape index (κ2) is 10.9. The van der Waals surface area contributed by atoms with Gasteiger partial charge in [-0.1, -0.05) is 53.6 Å². The Morgan fingerprint density at radius 3 is 2.93 bits per heavy atom. The molecule has 1 heterocycles. The summed E-state index contributed by atoms with van der Waals surface area (Å²) >= 11 is 3.45. The number of hydrogen-bond donors (Lipinski definition) is 2. The molecule has 0 amide bonds. The van der Waals surface area contributed by atoms with Crippen molar-refractivity contribution in [3.8, 4) is 5.75 Å². The molecular weight excluding hydrogens is 407 g/mol. The molecule has 0 spiro atoms. The van der Waals surface area contributed by atoms with E-state index >= 15 is 0 Å². The predicted molar refractivity (Wildman–Crippen MR) is 115 cm³/mol. The Kier molecular flexibility index (Phi) is 8.83. The van der Waals surface area contributed by atoms with Crippen LogP contribution in [0.4, 0.5) is 0 Å². The predicted octanol–water partition coefficient (Wildman–Crippen LogP) is 5.13. The maximum atomic E-state index is 10.1. The summed E-state index contributed by atoms with van der Waals surface area (Å²) < 4.78 is 11.9. The maximum absolute atomic E-state index is 10.1. The van der Waals surface area contributed by atoms with Crippen LogP contribution >= 0.6 is 15.9 Å². The second-order valence-corrected chi connectivity index (χ2v) is 7.72. The fraction of sp³-hybridized carbons (Fsp3) is 0.429. The number of halogens is 1. The van der Waals surface area contributed by atoms with E-state index in [-0.39, 0.29) is 11.9 Å². The first kappa shape index (κ1) is 22.0. The Bertz CT molecular complexity index is 714. The van der Waals surface area contributed by atoms with Crippen LogP contribution in [0.25, 0.3) is 6.08 Å². The van der Waals surface area contributed by atoms with E-state index < -0.39 is 7.12 Å². The van der Waals surface area contributed by atoms with Gasteiger partial charge >= 0.3 is 7.12 Å². The summed E-state index contributed by atoms with van der Waals surface area (Å²) in [4.78, 5) is 0. The molecule has 1 unspecified atom stereocenters. The zero-order chi connectivity index (χ0) is 19.8. The minimum Gasteiger partial charge on any atom is -0.507 e. The van der Waals surface area contributed by atoms with Gasteiger partial charge < -0.3 is 19.5 Å². The molecule has 0 aliphatic carbocycles. The van der Waals surface area contributed by atoms with Gasteiger partial charge in [-0.05, 0) is 48.6 Å². The number of phenols is 1. The highest BCUT2D eigenvalue weighted by molar-refractivity contribution is 9.10. The number of aromatic hydroxyl groups is 1. The van der Waals surface area contributed by atoms with Gasteiger partial charge in [0.25, 0.3) is 0 Å². The van der Waals surface area contributed by atoms with Gasteiger partial charge in [-0.2, -0.15) is 0 Å². The van der Waals surface area contributed by atoms with Gasteiger partial charge in [-0.3, -0.25) is 0 Å². The molecule has 146 valence electrons. The third-order valence-electron chi connectivity index (χ3n) is 4.58. The van der Waals surface area contributed by atoms with Gasteiger partial charge in [-0.25, -0.2) is 0 Å². The third-order valence-corrected chi connectivity index (χ3v) is 5.08. The SMILES string of the molecule is C=C(COC)C1=CCB(O)OC1CC/C(=C/c1cc(Br)ccc1O)CCC. The molecule has 0 aromatic heterocycles. The van der Waals surface area contributed by atoms with Gasteiger partial charge in [0.1, 0.15) is 5.75 Å². The summed E-state index contributed by atoms with van der Waals surface area (Å²) in [5.41, 5.74) is 3.95. The number of benzene rings is 1. The maximum Gasteiger partial charge on any atom is 0.458 e. The van der Waals surface area contributed by atoms with Crippen molar-refractivity contribution in [1.82, 2.24) is 0 Å². The summed E-state index contributed by atoms with van der Waals surface area (Å²) in [5, 5.41) is 20.0.